The van der Waals surface area contributed by atoms with Gasteiger partial charge in [0.15, 0.2) is 0 Å². The van der Waals surface area contributed by atoms with Crippen LogP contribution >= 0.6 is 0 Å². The summed E-state index contributed by atoms with van der Waals surface area (Å²) in [5.74, 6) is -0.201. The van der Waals surface area contributed by atoms with Crippen LogP contribution in [0.15, 0.2) is 36.7 Å². The van der Waals surface area contributed by atoms with Crippen LogP contribution in [0.2, 0.25) is 0 Å². The average molecular weight is 286 g/mol. The van der Waals surface area contributed by atoms with Gasteiger partial charge in [0, 0.05) is 25.3 Å². The second-order valence-electron chi connectivity index (χ2n) is 4.58. The molecule has 0 aliphatic carbocycles. The zero-order chi connectivity index (χ0) is 15.2. The van der Waals surface area contributed by atoms with Gasteiger partial charge in [-0.3, -0.25) is 4.79 Å². The van der Waals surface area contributed by atoms with E-state index in [1.54, 1.807) is 12.1 Å². The van der Waals surface area contributed by atoms with Gasteiger partial charge in [-0.15, -0.1) is 0 Å². The molecule has 1 aromatic carbocycles. The average Bonchev–Trinajstić information content (AvgIpc) is 2.49. The van der Waals surface area contributed by atoms with Crippen LogP contribution < -0.4 is 15.0 Å². The van der Waals surface area contributed by atoms with Gasteiger partial charge in [-0.05, 0) is 31.2 Å². The standard InChI is InChI=1S/C15H18N4O2/c1-4-21-15-16-9-12(10-17-15)18-14(20)11-5-7-13(8-6-11)19(2)3/h5-10H,4H2,1-3H3,(H,18,20). The maximum Gasteiger partial charge on any atom is 0.316 e. The van der Waals surface area contributed by atoms with Crippen LogP contribution in [0, 0.1) is 0 Å². The summed E-state index contributed by atoms with van der Waals surface area (Å²) in [6.07, 6.45) is 3.04. The van der Waals surface area contributed by atoms with Gasteiger partial charge in [0.25, 0.3) is 5.91 Å². The summed E-state index contributed by atoms with van der Waals surface area (Å²) in [6, 6.07) is 7.64. The molecule has 0 bridgehead atoms. The lowest BCUT2D eigenvalue weighted by Crippen LogP contribution is -2.13. The number of amides is 1. The first-order chi connectivity index (χ1) is 10.1. The van der Waals surface area contributed by atoms with Gasteiger partial charge in [0.2, 0.25) is 0 Å². The van der Waals surface area contributed by atoms with Crippen molar-refractivity contribution in [3.05, 3.63) is 42.2 Å². The number of carbonyl (C=O) groups excluding carboxylic acids is 1. The minimum atomic E-state index is -0.201. The molecule has 1 N–H and O–H groups in total. The summed E-state index contributed by atoms with van der Waals surface area (Å²) in [7, 11) is 3.90. The highest BCUT2D eigenvalue weighted by Gasteiger charge is 2.07. The van der Waals surface area contributed by atoms with Gasteiger partial charge in [-0.25, -0.2) is 9.97 Å². The fourth-order valence-corrected chi connectivity index (χ4v) is 1.70. The highest BCUT2D eigenvalue weighted by Crippen LogP contribution is 2.14. The Balaban J connectivity index is 2.03. The van der Waals surface area contributed by atoms with Crippen molar-refractivity contribution in [2.75, 3.05) is 30.9 Å². The van der Waals surface area contributed by atoms with Crippen LogP contribution in [-0.4, -0.2) is 36.6 Å². The third-order valence-electron chi connectivity index (χ3n) is 2.81. The number of ether oxygens (including phenoxy) is 1. The monoisotopic (exact) mass is 286 g/mol. The van der Waals surface area contributed by atoms with Crippen molar-refractivity contribution in [1.82, 2.24) is 9.97 Å². The molecule has 0 aliphatic heterocycles. The molecule has 2 rings (SSSR count). The Labute approximate surface area is 123 Å². The highest BCUT2D eigenvalue weighted by molar-refractivity contribution is 6.04. The molecule has 0 unspecified atom stereocenters. The Morgan fingerprint density at radius 2 is 1.81 bits per heavy atom. The minimum absolute atomic E-state index is 0.201. The molecule has 0 atom stereocenters. The molecule has 21 heavy (non-hydrogen) atoms. The molecule has 0 saturated carbocycles. The van der Waals surface area contributed by atoms with Gasteiger partial charge in [0.1, 0.15) is 0 Å². The Morgan fingerprint density at radius 3 is 2.33 bits per heavy atom. The van der Waals surface area contributed by atoms with Gasteiger partial charge in [0.05, 0.1) is 24.7 Å². The van der Waals surface area contributed by atoms with Crippen LogP contribution in [0.3, 0.4) is 0 Å². The summed E-state index contributed by atoms with van der Waals surface area (Å²) in [6.45, 7) is 2.36. The van der Waals surface area contributed by atoms with E-state index in [0.29, 0.717) is 23.9 Å². The van der Waals surface area contributed by atoms with E-state index < -0.39 is 0 Å². The fourth-order valence-electron chi connectivity index (χ4n) is 1.70. The maximum atomic E-state index is 12.1. The van der Waals surface area contributed by atoms with Crippen molar-refractivity contribution < 1.29 is 9.53 Å². The highest BCUT2D eigenvalue weighted by atomic mass is 16.5. The molecule has 2 aromatic rings. The number of hydrogen-bond donors (Lipinski definition) is 1. The summed E-state index contributed by atoms with van der Waals surface area (Å²) < 4.78 is 5.15. The number of anilines is 2. The molecule has 0 spiro atoms. The molecule has 6 heteroatoms. The van der Waals surface area contributed by atoms with Crippen LogP contribution in [0.5, 0.6) is 6.01 Å². The Bertz CT molecular complexity index is 594. The molecule has 1 heterocycles. The molecular weight excluding hydrogens is 268 g/mol. The summed E-state index contributed by atoms with van der Waals surface area (Å²) in [5.41, 5.74) is 2.14. The predicted octanol–water partition coefficient (Wildman–Crippen LogP) is 2.19. The first-order valence-corrected chi connectivity index (χ1v) is 6.63. The molecule has 0 fully saturated rings. The summed E-state index contributed by atoms with van der Waals surface area (Å²) in [4.78, 5) is 22.1. The lowest BCUT2D eigenvalue weighted by atomic mass is 10.2. The first kappa shape index (κ1) is 14.8. The number of nitrogens with one attached hydrogen (secondary N) is 1. The Kier molecular flexibility index (Phi) is 4.71. The SMILES string of the molecule is CCOc1ncc(NC(=O)c2ccc(N(C)C)cc2)cn1. The van der Waals surface area contributed by atoms with Crippen LogP contribution in [-0.2, 0) is 0 Å². The van der Waals surface area contributed by atoms with Gasteiger partial charge in [-0.2, -0.15) is 0 Å². The second kappa shape index (κ2) is 6.69. The van der Waals surface area contributed by atoms with Crippen molar-refractivity contribution in [3.63, 3.8) is 0 Å². The molecule has 1 amide bonds. The van der Waals surface area contributed by atoms with E-state index in [9.17, 15) is 4.79 Å². The third kappa shape index (κ3) is 3.92. The van der Waals surface area contributed by atoms with Crippen molar-refractivity contribution >= 4 is 17.3 Å². The zero-order valence-electron chi connectivity index (χ0n) is 12.3. The Hall–Kier alpha value is -2.63. The maximum absolute atomic E-state index is 12.1. The number of benzene rings is 1. The van der Waals surface area contributed by atoms with Crippen LogP contribution in [0.1, 0.15) is 17.3 Å². The smallest absolute Gasteiger partial charge is 0.316 e. The van der Waals surface area contributed by atoms with Crippen LogP contribution in [0.25, 0.3) is 0 Å². The molecule has 1 aromatic heterocycles. The molecule has 110 valence electrons. The number of hydrogen-bond acceptors (Lipinski definition) is 5. The topological polar surface area (TPSA) is 67.3 Å². The molecular formula is C15H18N4O2. The number of aromatic nitrogens is 2. The molecule has 0 radical (unpaired) electrons. The largest absolute Gasteiger partial charge is 0.464 e. The third-order valence-corrected chi connectivity index (χ3v) is 2.81. The normalized spacial score (nSPS) is 10.0. The van der Waals surface area contributed by atoms with Gasteiger partial charge in [-0.1, -0.05) is 0 Å². The quantitative estimate of drug-likeness (QED) is 0.912. The first-order valence-electron chi connectivity index (χ1n) is 6.63. The number of rotatable bonds is 5. The fraction of sp³-hybridized carbons (Fsp3) is 0.267. The van der Waals surface area contributed by atoms with Crippen LogP contribution in [0.4, 0.5) is 11.4 Å². The molecule has 6 nitrogen and oxygen atoms in total. The minimum Gasteiger partial charge on any atom is -0.464 e. The van der Waals surface area contributed by atoms with Gasteiger partial charge < -0.3 is 15.0 Å². The molecule has 0 aliphatic rings. The summed E-state index contributed by atoms with van der Waals surface area (Å²) >= 11 is 0. The van der Waals surface area contributed by atoms with Crippen molar-refractivity contribution in [1.29, 1.82) is 0 Å². The van der Waals surface area contributed by atoms with E-state index >= 15 is 0 Å². The van der Waals surface area contributed by atoms with E-state index in [1.807, 2.05) is 38.1 Å². The zero-order valence-corrected chi connectivity index (χ0v) is 12.3. The lowest BCUT2D eigenvalue weighted by Gasteiger charge is -2.12. The second-order valence-corrected chi connectivity index (χ2v) is 4.58. The van der Waals surface area contributed by atoms with Gasteiger partial charge >= 0.3 is 6.01 Å². The number of carbonyl (C=O) groups is 1. The van der Waals surface area contributed by atoms with Crippen molar-refractivity contribution in [2.45, 2.75) is 6.92 Å². The molecule has 0 saturated heterocycles. The number of nitrogens with zero attached hydrogens (tertiary/aromatic N) is 3. The van der Waals surface area contributed by atoms with Crippen molar-refractivity contribution in [3.8, 4) is 6.01 Å². The van der Waals surface area contributed by atoms with E-state index in [-0.39, 0.29) is 5.91 Å². The predicted molar refractivity (Wildman–Crippen MR) is 81.9 cm³/mol. The Morgan fingerprint density at radius 1 is 1.19 bits per heavy atom. The van der Waals surface area contributed by atoms with E-state index in [0.717, 1.165) is 5.69 Å². The summed E-state index contributed by atoms with van der Waals surface area (Å²) in [5, 5.41) is 2.74. The van der Waals surface area contributed by atoms with E-state index in [2.05, 4.69) is 15.3 Å². The van der Waals surface area contributed by atoms with E-state index in [4.69, 9.17) is 4.74 Å². The van der Waals surface area contributed by atoms with E-state index in [1.165, 1.54) is 12.4 Å². The lowest BCUT2D eigenvalue weighted by molar-refractivity contribution is 0.102. The van der Waals surface area contributed by atoms with Crippen molar-refractivity contribution in [2.24, 2.45) is 0 Å².